The molecule has 4 nitrogen and oxygen atoms in total. The highest BCUT2D eigenvalue weighted by molar-refractivity contribution is 7.80. The summed E-state index contributed by atoms with van der Waals surface area (Å²) in [5.74, 6) is -0.506. The molecule has 0 bridgehead atoms. The Bertz CT molecular complexity index is 602. The molecule has 2 rings (SSSR count). The summed E-state index contributed by atoms with van der Waals surface area (Å²) in [7, 11) is 0. The van der Waals surface area contributed by atoms with Crippen molar-refractivity contribution in [1.29, 1.82) is 0 Å². The number of nitrogens with zero attached hydrogens (tertiary/aromatic N) is 1. The van der Waals surface area contributed by atoms with E-state index in [-0.39, 0.29) is 30.7 Å². The normalized spacial score (nSPS) is 19.4. The molecule has 11 heteroatoms. The third kappa shape index (κ3) is 5.02. The molecule has 140 valence electrons. The second-order valence-electron chi connectivity index (χ2n) is 5.17. The third-order valence-electron chi connectivity index (χ3n) is 3.36. The highest BCUT2D eigenvalue weighted by atomic mass is 32.1. The number of morpholine rings is 1. The van der Waals surface area contributed by atoms with E-state index >= 15 is 0 Å². The molecule has 1 aromatic rings. The molecule has 1 unspecified atom stereocenters. The standard InChI is InChI=1S/C14H13F6NO3S/c15-13(16,17)9-3-8(4-10(5-9)14(18,19)20)6-24-12-11(22)21(7-25)1-2-23-12/h3-5,12,25H,1-2,6-7H2. The fraction of sp³-hybridized carbons (Fsp3) is 0.500. The summed E-state index contributed by atoms with van der Waals surface area (Å²) in [5.41, 5.74) is -3.27. The molecule has 1 saturated heterocycles. The average molecular weight is 389 g/mol. The lowest BCUT2D eigenvalue weighted by atomic mass is 10.1. The lowest BCUT2D eigenvalue weighted by Gasteiger charge is -2.30. The first kappa shape index (κ1) is 19.9. The van der Waals surface area contributed by atoms with Crippen LogP contribution in [0.15, 0.2) is 18.2 Å². The van der Waals surface area contributed by atoms with Gasteiger partial charge in [-0.3, -0.25) is 4.79 Å². The summed E-state index contributed by atoms with van der Waals surface area (Å²) >= 11 is 3.94. The van der Waals surface area contributed by atoms with E-state index in [1.54, 1.807) is 0 Å². The van der Waals surface area contributed by atoms with Crippen LogP contribution in [0, 0.1) is 0 Å². The molecule has 1 amide bonds. The van der Waals surface area contributed by atoms with Crippen LogP contribution >= 0.6 is 12.6 Å². The summed E-state index contributed by atoms with van der Waals surface area (Å²) < 4.78 is 86.8. The fourth-order valence-corrected chi connectivity index (χ4v) is 2.42. The van der Waals surface area contributed by atoms with Crippen LogP contribution < -0.4 is 0 Å². The molecular formula is C14H13F6NO3S. The van der Waals surface area contributed by atoms with Crippen molar-refractivity contribution in [2.45, 2.75) is 25.2 Å². The van der Waals surface area contributed by atoms with E-state index in [0.29, 0.717) is 12.1 Å². The highest BCUT2D eigenvalue weighted by Crippen LogP contribution is 2.36. The van der Waals surface area contributed by atoms with Gasteiger partial charge in [0, 0.05) is 6.54 Å². The van der Waals surface area contributed by atoms with Gasteiger partial charge in [-0.25, -0.2) is 0 Å². The smallest absolute Gasteiger partial charge is 0.343 e. The van der Waals surface area contributed by atoms with Crippen molar-refractivity contribution in [2.24, 2.45) is 0 Å². The first-order valence-electron chi connectivity index (χ1n) is 6.93. The van der Waals surface area contributed by atoms with E-state index in [1.165, 1.54) is 4.90 Å². The van der Waals surface area contributed by atoms with Crippen LogP contribution in [0.25, 0.3) is 0 Å². The Morgan fingerprint density at radius 2 is 1.68 bits per heavy atom. The van der Waals surface area contributed by atoms with E-state index in [2.05, 4.69) is 12.6 Å². The molecule has 0 N–H and O–H groups in total. The molecule has 1 aromatic carbocycles. The van der Waals surface area contributed by atoms with Crippen molar-refractivity contribution in [2.75, 3.05) is 19.0 Å². The Balaban J connectivity index is 2.20. The first-order chi connectivity index (χ1) is 11.5. The Morgan fingerprint density at radius 1 is 1.12 bits per heavy atom. The van der Waals surface area contributed by atoms with E-state index in [9.17, 15) is 31.1 Å². The maximum absolute atomic E-state index is 12.8. The van der Waals surface area contributed by atoms with E-state index in [0.717, 1.165) is 0 Å². The Kier molecular flexibility index (Phi) is 5.89. The maximum Gasteiger partial charge on any atom is 0.416 e. The van der Waals surface area contributed by atoms with Crippen molar-refractivity contribution in [3.63, 3.8) is 0 Å². The number of ether oxygens (including phenoxy) is 2. The number of hydrogen-bond acceptors (Lipinski definition) is 4. The van der Waals surface area contributed by atoms with Gasteiger partial charge in [0.15, 0.2) is 0 Å². The Hall–Kier alpha value is -1.46. The van der Waals surface area contributed by atoms with Gasteiger partial charge in [-0.15, -0.1) is 0 Å². The van der Waals surface area contributed by atoms with Gasteiger partial charge >= 0.3 is 12.4 Å². The van der Waals surface area contributed by atoms with Gasteiger partial charge in [0.05, 0.1) is 30.2 Å². The molecule has 0 radical (unpaired) electrons. The zero-order chi connectivity index (χ0) is 18.8. The number of halogens is 6. The SMILES string of the molecule is O=C1C(OCc2cc(C(F)(F)F)cc(C(F)(F)F)c2)OCCN1CS. The molecule has 1 aliphatic heterocycles. The molecule has 25 heavy (non-hydrogen) atoms. The van der Waals surface area contributed by atoms with Crippen molar-refractivity contribution < 1.29 is 40.6 Å². The van der Waals surface area contributed by atoms with Crippen molar-refractivity contribution in [3.05, 3.63) is 34.9 Å². The van der Waals surface area contributed by atoms with Gasteiger partial charge in [-0.2, -0.15) is 39.0 Å². The van der Waals surface area contributed by atoms with Crippen LogP contribution in [0.3, 0.4) is 0 Å². The highest BCUT2D eigenvalue weighted by Gasteiger charge is 2.37. The number of amides is 1. The molecule has 0 spiro atoms. The van der Waals surface area contributed by atoms with Crippen LogP contribution in [0.5, 0.6) is 0 Å². The van der Waals surface area contributed by atoms with Gasteiger partial charge in [0.25, 0.3) is 5.91 Å². The maximum atomic E-state index is 12.8. The van der Waals surface area contributed by atoms with Crippen LogP contribution in [-0.4, -0.2) is 36.1 Å². The van der Waals surface area contributed by atoms with Gasteiger partial charge in [-0.05, 0) is 23.8 Å². The van der Waals surface area contributed by atoms with E-state index in [1.807, 2.05) is 0 Å². The fourth-order valence-electron chi connectivity index (χ4n) is 2.13. The van der Waals surface area contributed by atoms with E-state index < -0.39 is 42.3 Å². The number of thiol groups is 1. The van der Waals surface area contributed by atoms with Gasteiger partial charge < -0.3 is 14.4 Å². The molecule has 1 heterocycles. The molecule has 1 aliphatic rings. The predicted octanol–water partition coefficient (Wildman–Crippen LogP) is 3.31. The second-order valence-corrected chi connectivity index (χ2v) is 5.45. The summed E-state index contributed by atoms with van der Waals surface area (Å²) in [4.78, 5) is 13.2. The monoisotopic (exact) mass is 389 g/mol. The van der Waals surface area contributed by atoms with Crippen LogP contribution in [-0.2, 0) is 33.2 Å². The molecule has 1 atom stereocenters. The van der Waals surface area contributed by atoms with Crippen molar-refractivity contribution >= 4 is 18.5 Å². The average Bonchev–Trinajstić information content (AvgIpc) is 2.52. The lowest BCUT2D eigenvalue weighted by molar-refractivity contribution is -0.199. The van der Waals surface area contributed by atoms with Crippen molar-refractivity contribution in [1.82, 2.24) is 4.90 Å². The third-order valence-corrected chi connectivity index (χ3v) is 3.70. The minimum absolute atomic E-state index is 0.0222. The van der Waals surface area contributed by atoms with Gasteiger partial charge in [0.1, 0.15) is 0 Å². The summed E-state index contributed by atoms with van der Waals surface area (Å²) in [6.45, 7) is -0.263. The van der Waals surface area contributed by atoms with Crippen LogP contribution in [0.2, 0.25) is 0 Å². The number of carbonyl (C=O) groups is 1. The van der Waals surface area contributed by atoms with Crippen molar-refractivity contribution in [3.8, 4) is 0 Å². The summed E-state index contributed by atoms with van der Waals surface area (Å²) in [6.07, 6.45) is -11.3. The number of hydrogen-bond donors (Lipinski definition) is 1. The molecule has 1 fully saturated rings. The molecule has 0 saturated carbocycles. The number of benzene rings is 1. The minimum Gasteiger partial charge on any atom is -0.343 e. The molecular weight excluding hydrogens is 376 g/mol. The Morgan fingerprint density at radius 3 is 2.16 bits per heavy atom. The van der Waals surface area contributed by atoms with E-state index in [4.69, 9.17) is 9.47 Å². The number of carbonyl (C=O) groups excluding carboxylic acids is 1. The largest absolute Gasteiger partial charge is 0.416 e. The zero-order valence-corrected chi connectivity index (χ0v) is 13.4. The second kappa shape index (κ2) is 7.42. The minimum atomic E-state index is -4.95. The Labute approximate surface area is 144 Å². The molecule has 0 aliphatic carbocycles. The number of alkyl halides is 6. The number of rotatable bonds is 4. The summed E-state index contributed by atoms with van der Waals surface area (Å²) in [5, 5.41) is 0. The quantitative estimate of drug-likeness (QED) is 0.635. The first-order valence-corrected chi connectivity index (χ1v) is 7.57. The zero-order valence-electron chi connectivity index (χ0n) is 12.5. The summed E-state index contributed by atoms with van der Waals surface area (Å²) in [6, 6.07) is 1.10. The van der Waals surface area contributed by atoms with Gasteiger partial charge in [0.2, 0.25) is 6.29 Å². The topological polar surface area (TPSA) is 38.8 Å². The van der Waals surface area contributed by atoms with Crippen LogP contribution in [0.4, 0.5) is 26.3 Å². The predicted molar refractivity (Wildman–Crippen MR) is 76.5 cm³/mol. The molecule has 0 aromatic heterocycles. The van der Waals surface area contributed by atoms with Crippen LogP contribution in [0.1, 0.15) is 16.7 Å². The lowest BCUT2D eigenvalue weighted by Crippen LogP contribution is -2.48. The van der Waals surface area contributed by atoms with Gasteiger partial charge in [-0.1, -0.05) is 0 Å².